The molecule has 156 valence electrons. The summed E-state index contributed by atoms with van der Waals surface area (Å²) < 4.78 is 11.3. The number of aryl methyl sites for hydroxylation is 1. The summed E-state index contributed by atoms with van der Waals surface area (Å²) in [4.78, 5) is 7.19. The minimum Gasteiger partial charge on any atom is -0.381 e. The highest BCUT2D eigenvalue weighted by Gasteiger charge is 2.23. The van der Waals surface area contributed by atoms with Gasteiger partial charge in [0.25, 0.3) is 0 Å². The number of nitrogens with zero attached hydrogens (tertiary/aromatic N) is 2. The van der Waals surface area contributed by atoms with E-state index in [-0.39, 0.29) is 0 Å². The van der Waals surface area contributed by atoms with Gasteiger partial charge in [-0.2, -0.15) is 0 Å². The van der Waals surface area contributed by atoms with Gasteiger partial charge in [0.1, 0.15) is 0 Å². The number of rotatable bonds is 8. The molecule has 6 heteroatoms. The fourth-order valence-corrected chi connectivity index (χ4v) is 3.73. The van der Waals surface area contributed by atoms with Crippen LogP contribution in [-0.2, 0) is 9.47 Å². The van der Waals surface area contributed by atoms with Gasteiger partial charge in [-0.05, 0) is 51.7 Å². The highest BCUT2D eigenvalue weighted by atomic mass is 16.5. The van der Waals surface area contributed by atoms with Crippen molar-refractivity contribution in [3.8, 4) is 0 Å². The van der Waals surface area contributed by atoms with E-state index in [0.29, 0.717) is 12.1 Å². The van der Waals surface area contributed by atoms with E-state index in [1.807, 2.05) is 0 Å². The molecule has 0 aromatic heterocycles. The minimum atomic E-state index is 0.371. The number of nitrogens with one attached hydrogen (secondary N) is 2. The summed E-state index contributed by atoms with van der Waals surface area (Å²) in [6.07, 6.45) is 4.49. The Labute approximate surface area is 169 Å². The van der Waals surface area contributed by atoms with E-state index in [1.54, 1.807) is 0 Å². The smallest absolute Gasteiger partial charge is 0.191 e. The van der Waals surface area contributed by atoms with Crippen LogP contribution in [0.1, 0.15) is 38.2 Å². The molecule has 2 N–H and O–H groups in total. The average molecular weight is 389 g/mol. The van der Waals surface area contributed by atoms with Gasteiger partial charge in [-0.1, -0.05) is 17.7 Å². The fourth-order valence-electron chi connectivity index (χ4n) is 3.73. The highest BCUT2D eigenvalue weighted by Crippen LogP contribution is 2.20. The lowest BCUT2D eigenvalue weighted by molar-refractivity contribution is -0.0318. The molecule has 0 saturated carbocycles. The van der Waals surface area contributed by atoms with Crippen molar-refractivity contribution in [1.82, 2.24) is 10.6 Å². The normalized spacial score (nSPS) is 21.1. The van der Waals surface area contributed by atoms with Crippen molar-refractivity contribution >= 4 is 11.6 Å². The molecule has 2 heterocycles. The van der Waals surface area contributed by atoms with Gasteiger partial charge in [-0.15, -0.1) is 0 Å². The highest BCUT2D eigenvalue weighted by molar-refractivity contribution is 5.80. The number of hydrogen-bond acceptors (Lipinski definition) is 4. The average Bonchev–Trinajstić information content (AvgIpc) is 3.17. The number of ether oxygens (including phenoxy) is 2. The molecular weight excluding hydrogens is 352 g/mol. The number of benzene rings is 1. The van der Waals surface area contributed by atoms with Crippen molar-refractivity contribution in [1.29, 1.82) is 0 Å². The van der Waals surface area contributed by atoms with Gasteiger partial charge in [0.2, 0.25) is 0 Å². The van der Waals surface area contributed by atoms with Gasteiger partial charge in [-0.3, -0.25) is 4.99 Å². The lowest BCUT2D eigenvalue weighted by Gasteiger charge is -2.22. The van der Waals surface area contributed by atoms with Gasteiger partial charge in [0.05, 0.1) is 6.10 Å². The molecule has 0 bridgehead atoms. The standard InChI is InChI=1S/C22H36N4O2/c1-3-23-22(24-12-4-14-28-21-10-15-27-16-11-21)25-19-9-13-26(17-19)20-7-5-18(2)6-8-20/h5-8,19,21H,3-4,9-17H2,1-2H3,(H2,23,24,25). The van der Waals surface area contributed by atoms with Gasteiger partial charge >= 0.3 is 0 Å². The summed E-state index contributed by atoms with van der Waals surface area (Å²) in [5, 5.41) is 6.98. The molecule has 0 aliphatic carbocycles. The molecule has 1 unspecified atom stereocenters. The molecule has 1 aromatic carbocycles. The summed E-state index contributed by atoms with van der Waals surface area (Å²) in [6.45, 7) is 10.4. The summed E-state index contributed by atoms with van der Waals surface area (Å²) in [6, 6.07) is 9.23. The van der Waals surface area contributed by atoms with Crippen LogP contribution in [0.2, 0.25) is 0 Å². The second kappa shape index (κ2) is 11.3. The Morgan fingerprint density at radius 1 is 1.21 bits per heavy atom. The minimum absolute atomic E-state index is 0.371. The number of hydrogen-bond donors (Lipinski definition) is 2. The predicted molar refractivity (Wildman–Crippen MR) is 115 cm³/mol. The molecule has 2 aliphatic heterocycles. The van der Waals surface area contributed by atoms with E-state index in [4.69, 9.17) is 14.5 Å². The molecule has 1 atom stereocenters. The molecule has 28 heavy (non-hydrogen) atoms. The van der Waals surface area contributed by atoms with E-state index in [9.17, 15) is 0 Å². The van der Waals surface area contributed by atoms with Gasteiger partial charge in [-0.25, -0.2) is 0 Å². The van der Waals surface area contributed by atoms with Crippen molar-refractivity contribution in [3.05, 3.63) is 29.8 Å². The fraction of sp³-hybridized carbons (Fsp3) is 0.682. The van der Waals surface area contributed by atoms with Crippen molar-refractivity contribution in [2.45, 2.75) is 51.7 Å². The molecule has 0 radical (unpaired) electrons. The van der Waals surface area contributed by atoms with E-state index in [0.717, 1.165) is 77.6 Å². The van der Waals surface area contributed by atoms with Crippen molar-refractivity contribution < 1.29 is 9.47 Å². The third-order valence-corrected chi connectivity index (χ3v) is 5.37. The number of anilines is 1. The molecule has 2 aliphatic rings. The zero-order valence-electron chi connectivity index (χ0n) is 17.5. The Bertz CT molecular complexity index is 599. The molecule has 0 spiro atoms. The third kappa shape index (κ3) is 6.67. The largest absolute Gasteiger partial charge is 0.381 e. The van der Waals surface area contributed by atoms with Crippen LogP contribution in [0.15, 0.2) is 29.3 Å². The lowest BCUT2D eigenvalue weighted by atomic mass is 10.1. The van der Waals surface area contributed by atoms with Gasteiger partial charge in [0, 0.05) is 57.7 Å². The Balaban J connectivity index is 1.39. The van der Waals surface area contributed by atoms with Crippen LogP contribution >= 0.6 is 0 Å². The summed E-state index contributed by atoms with van der Waals surface area (Å²) in [5.41, 5.74) is 2.61. The Hall–Kier alpha value is -1.79. The van der Waals surface area contributed by atoms with E-state index in [2.05, 4.69) is 53.6 Å². The molecule has 2 fully saturated rings. The first-order chi connectivity index (χ1) is 13.7. The SMILES string of the molecule is CCNC(=NCCCOC1CCOCC1)NC1CCN(c2ccc(C)cc2)C1. The Morgan fingerprint density at radius 3 is 2.75 bits per heavy atom. The first kappa shape index (κ1) is 20.9. The lowest BCUT2D eigenvalue weighted by Crippen LogP contribution is -2.44. The Morgan fingerprint density at radius 2 is 2.00 bits per heavy atom. The van der Waals surface area contributed by atoms with Crippen molar-refractivity contribution in [2.75, 3.05) is 50.9 Å². The van der Waals surface area contributed by atoms with Gasteiger partial charge < -0.3 is 25.0 Å². The summed E-state index contributed by atoms with van der Waals surface area (Å²) in [7, 11) is 0. The maximum atomic E-state index is 5.93. The summed E-state index contributed by atoms with van der Waals surface area (Å²) in [5.74, 6) is 0.921. The van der Waals surface area contributed by atoms with E-state index < -0.39 is 0 Å². The van der Waals surface area contributed by atoms with Crippen LogP contribution in [-0.4, -0.2) is 64.1 Å². The van der Waals surface area contributed by atoms with Crippen LogP contribution in [0.5, 0.6) is 0 Å². The van der Waals surface area contributed by atoms with Crippen LogP contribution < -0.4 is 15.5 Å². The van der Waals surface area contributed by atoms with Crippen molar-refractivity contribution in [3.63, 3.8) is 0 Å². The molecule has 3 rings (SSSR count). The zero-order chi connectivity index (χ0) is 19.6. The topological polar surface area (TPSA) is 58.1 Å². The number of guanidine groups is 1. The Kier molecular flexibility index (Phi) is 8.42. The molecule has 1 aromatic rings. The quantitative estimate of drug-likeness (QED) is 0.407. The zero-order valence-corrected chi connectivity index (χ0v) is 17.5. The first-order valence-electron chi connectivity index (χ1n) is 10.8. The molecule has 6 nitrogen and oxygen atoms in total. The molecule has 0 amide bonds. The van der Waals surface area contributed by atoms with Crippen LogP contribution in [0.3, 0.4) is 0 Å². The maximum Gasteiger partial charge on any atom is 0.191 e. The summed E-state index contributed by atoms with van der Waals surface area (Å²) >= 11 is 0. The van der Waals surface area contributed by atoms with Crippen LogP contribution in [0, 0.1) is 6.92 Å². The van der Waals surface area contributed by atoms with Gasteiger partial charge in [0.15, 0.2) is 5.96 Å². The van der Waals surface area contributed by atoms with E-state index >= 15 is 0 Å². The van der Waals surface area contributed by atoms with Crippen molar-refractivity contribution in [2.24, 2.45) is 4.99 Å². The van der Waals surface area contributed by atoms with Crippen LogP contribution in [0.25, 0.3) is 0 Å². The first-order valence-corrected chi connectivity index (χ1v) is 10.8. The second-order valence-corrected chi connectivity index (χ2v) is 7.71. The number of aliphatic imine (C=N–C) groups is 1. The van der Waals surface area contributed by atoms with Crippen LogP contribution in [0.4, 0.5) is 5.69 Å². The predicted octanol–water partition coefficient (Wildman–Crippen LogP) is 2.71. The van der Waals surface area contributed by atoms with E-state index in [1.165, 1.54) is 11.3 Å². The second-order valence-electron chi connectivity index (χ2n) is 7.71. The third-order valence-electron chi connectivity index (χ3n) is 5.37. The molecule has 2 saturated heterocycles. The maximum absolute atomic E-state index is 5.93. The monoisotopic (exact) mass is 388 g/mol. The molecular formula is C22H36N4O2.